The number of hydrogen-bond donors (Lipinski definition) is 0. The molecule has 1 spiro atoms. The maximum atomic E-state index is 13.5. The molecule has 5 rings (SSSR count). The number of likely N-dealkylation sites (tertiary alicyclic amines) is 1. The second-order valence-electron chi connectivity index (χ2n) is 9.53. The molecule has 0 radical (unpaired) electrons. The fourth-order valence-electron chi connectivity index (χ4n) is 5.59. The molecule has 7 heteroatoms. The highest BCUT2D eigenvalue weighted by atomic mass is 16.5. The van der Waals surface area contributed by atoms with Gasteiger partial charge in [0.1, 0.15) is 0 Å². The van der Waals surface area contributed by atoms with E-state index in [1.165, 1.54) is 12.8 Å². The highest BCUT2D eigenvalue weighted by Gasteiger charge is 2.51. The summed E-state index contributed by atoms with van der Waals surface area (Å²) in [5, 5.41) is 0. The summed E-state index contributed by atoms with van der Waals surface area (Å²) in [4.78, 5) is 34.3. The maximum absolute atomic E-state index is 13.5. The first-order valence-corrected chi connectivity index (χ1v) is 11.7. The molecule has 1 aliphatic carbocycles. The number of carbonyl (C=O) groups excluding carboxylic acids is 2. The Morgan fingerprint density at radius 2 is 2.00 bits per heavy atom. The van der Waals surface area contributed by atoms with Crippen LogP contribution in [-0.4, -0.2) is 66.0 Å². The van der Waals surface area contributed by atoms with Gasteiger partial charge in [-0.1, -0.05) is 30.2 Å². The van der Waals surface area contributed by atoms with E-state index in [-0.39, 0.29) is 17.2 Å². The zero-order chi connectivity index (χ0) is 22.1. The number of morpholine rings is 1. The van der Waals surface area contributed by atoms with Gasteiger partial charge in [0.15, 0.2) is 17.8 Å². The zero-order valence-electron chi connectivity index (χ0n) is 18.7. The van der Waals surface area contributed by atoms with Crippen LogP contribution in [0, 0.1) is 18.3 Å². The number of carbonyl (C=O) groups is 2. The number of hydrogen-bond acceptors (Lipinski definition) is 5. The van der Waals surface area contributed by atoms with Gasteiger partial charge in [0, 0.05) is 38.2 Å². The van der Waals surface area contributed by atoms with E-state index >= 15 is 0 Å². The molecule has 1 atom stereocenters. The third kappa shape index (κ3) is 3.94. The summed E-state index contributed by atoms with van der Waals surface area (Å²) in [6.45, 7) is 6.09. The van der Waals surface area contributed by atoms with E-state index in [0.717, 1.165) is 36.9 Å². The second-order valence-corrected chi connectivity index (χ2v) is 9.53. The predicted molar refractivity (Wildman–Crippen MR) is 119 cm³/mol. The van der Waals surface area contributed by atoms with Gasteiger partial charge >= 0.3 is 0 Å². The molecule has 170 valence electrons. The van der Waals surface area contributed by atoms with Gasteiger partial charge in [-0.2, -0.15) is 0 Å². The fourth-order valence-corrected chi connectivity index (χ4v) is 5.59. The molecule has 2 aliphatic heterocycles. The van der Waals surface area contributed by atoms with Gasteiger partial charge in [-0.25, -0.2) is 4.98 Å². The van der Waals surface area contributed by atoms with Crippen LogP contribution in [0.1, 0.15) is 48.2 Å². The monoisotopic (exact) mass is 437 g/mol. The van der Waals surface area contributed by atoms with Gasteiger partial charge in [-0.05, 0) is 43.6 Å². The number of nitrogens with zero attached hydrogens (tertiary/aromatic N) is 3. The minimum absolute atomic E-state index is 0.0662. The Labute approximate surface area is 188 Å². The SMILES string of the molecule is Cc1cccc(-c2ocnc2C(=O)N2CC(CCC(=O)N3CCOCC3)C3(CCC3)C2)c1. The Hall–Kier alpha value is -2.67. The van der Waals surface area contributed by atoms with Crippen LogP contribution in [0.2, 0.25) is 0 Å². The highest BCUT2D eigenvalue weighted by molar-refractivity contribution is 5.97. The summed E-state index contributed by atoms with van der Waals surface area (Å²) in [5.74, 6) is 1.04. The minimum Gasteiger partial charge on any atom is -0.443 e. The van der Waals surface area contributed by atoms with Gasteiger partial charge in [0.2, 0.25) is 5.91 Å². The normalized spacial score (nSPS) is 22.2. The Balaban J connectivity index is 1.28. The lowest BCUT2D eigenvalue weighted by atomic mass is 9.62. The molecular weight excluding hydrogens is 406 g/mol. The average molecular weight is 438 g/mol. The molecule has 7 nitrogen and oxygen atoms in total. The van der Waals surface area contributed by atoms with E-state index in [1.807, 2.05) is 41.0 Å². The van der Waals surface area contributed by atoms with Crippen molar-refractivity contribution in [1.82, 2.24) is 14.8 Å². The van der Waals surface area contributed by atoms with E-state index in [4.69, 9.17) is 9.15 Å². The van der Waals surface area contributed by atoms with Gasteiger partial charge in [-0.15, -0.1) is 0 Å². The lowest BCUT2D eigenvalue weighted by Gasteiger charge is -2.43. The van der Waals surface area contributed by atoms with Crippen LogP contribution >= 0.6 is 0 Å². The highest BCUT2D eigenvalue weighted by Crippen LogP contribution is 2.53. The van der Waals surface area contributed by atoms with Crippen molar-refractivity contribution in [3.05, 3.63) is 41.9 Å². The molecule has 3 fully saturated rings. The molecule has 1 saturated carbocycles. The van der Waals surface area contributed by atoms with E-state index in [1.54, 1.807) is 0 Å². The van der Waals surface area contributed by atoms with Crippen LogP contribution in [0.3, 0.4) is 0 Å². The first kappa shape index (κ1) is 21.2. The first-order chi connectivity index (χ1) is 15.6. The average Bonchev–Trinajstić information content (AvgIpc) is 3.43. The van der Waals surface area contributed by atoms with E-state index in [2.05, 4.69) is 4.98 Å². The maximum Gasteiger partial charge on any atom is 0.276 e. The Bertz CT molecular complexity index is 991. The molecule has 3 heterocycles. The topological polar surface area (TPSA) is 75.9 Å². The Morgan fingerprint density at radius 3 is 2.72 bits per heavy atom. The van der Waals surface area contributed by atoms with Crippen LogP contribution in [0.5, 0.6) is 0 Å². The molecule has 3 aliphatic rings. The van der Waals surface area contributed by atoms with Crippen molar-refractivity contribution in [3.8, 4) is 11.3 Å². The van der Waals surface area contributed by atoms with Gasteiger partial charge < -0.3 is 19.0 Å². The number of benzene rings is 1. The molecule has 2 saturated heterocycles. The van der Waals surface area contributed by atoms with Crippen molar-refractivity contribution >= 4 is 11.8 Å². The summed E-state index contributed by atoms with van der Waals surface area (Å²) in [7, 11) is 0. The van der Waals surface area contributed by atoms with Gasteiger partial charge in [0.25, 0.3) is 5.91 Å². The molecule has 1 aromatic carbocycles. The first-order valence-electron chi connectivity index (χ1n) is 11.7. The second kappa shape index (κ2) is 8.70. The van der Waals surface area contributed by atoms with Crippen molar-refractivity contribution < 1.29 is 18.7 Å². The third-order valence-corrected chi connectivity index (χ3v) is 7.57. The van der Waals surface area contributed by atoms with E-state index in [9.17, 15) is 9.59 Å². The molecule has 1 unspecified atom stereocenters. The summed E-state index contributed by atoms with van der Waals surface area (Å²) < 4.78 is 11.0. The standard InChI is InChI=1S/C25H31N3O4/c1-18-4-2-5-19(14-18)23-22(26-17-32-23)24(30)28-15-20(25(16-28)8-3-9-25)6-7-21(29)27-10-12-31-13-11-27/h2,4-5,14,17,20H,3,6-13,15-16H2,1H3. The van der Waals surface area contributed by atoms with Crippen LogP contribution in [0.4, 0.5) is 0 Å². The van der Waals surface area contributed by atoms with Crippen molar-refractivity contribution in [2.75, 3.05) is 39.4 Å². The van der Waals surface area contributed by atoms with Gasteiger partial charge in [0.05, 0.1) is 13.2 Å². The van der Waals surface area contributed by atoms with Crippen molar-refractivity contribution in [2.24, 2.45) is 11.3 Å². The third-order valence-electron chi connectivity index (χ3n) is 7.57. The largest absolute Gasteiger partial charge is 0.443 e. The van der Waals surface area contributed by atoms with E-state index < -0.39 is 0 Å². The molecule has 0 bridgehead atoms. The van der Waals surface area contributed by atoms with Crippen molar-refractivity contribution in [3.63, 3.8) is 0 Å². The number of amides is 2. The lowest BCUT2D eigenvalue weighted by molar-refractivity contribution is -0.135. The summed E-state index contributed by atoms with van der Waals surface area (Å²) in [6.07, 6.45) is 6.22. The molecular formula is C25H31N3O4. The van der Waals surface area contributed by atoms with Crippen molar-refractivity contribution in [1.29, 1.82) is 0 Å². The van der Waals surface area contributed by atoms with Gasteiger partial charge in [-0.3, -0.25) is 9.59 Å². The molecule has 0 N–H and O–H groups in total. The number of oxazole rings is 1. The smallest absolute Gasteiger partial charge is 0.276 e. The van der Waals surface area contributed by atoms with Crippen LogP contribution < -0.4 is 0 Å². The molecule has 1 aromatic heterocycles. The molecule has 2 aromatic rings. The predicted octanol–water partition coefficient (Wildman–Crippen LogP) is 3.53. The summed E-state index contributed by atoms with van der Waals surface area (Å²) >= 11 is 0. The molecule has 32 heavy (non-hydrogen) atoms. The Kier molecular flexibility index (Phi) is 5.76. The quantitative estimate of drug-likeness (QED) is 0.715. The minimum atomic E-state index is -0.0662. The number of aryl methyl sites for hydroxylation is 1. The number of rotatable bonds is 5. The van der Waals surface area contributed by atoms with Crippen LogP contribution in [0.15, 0.2) is 35.1 Å². The van der Waals surface area contributed by atoms with Crippen molar-refractivity contribution in [2.45, 2.75) is 39.0 Å². The number of aromatic nitrogens is 1. The van der Waals surface area contributed by atoms with Crippen LogP contribution in [-0.2, 0) is 9.53 Å². The van der Waals surface area contributed by atoms with E-state index in [0.29, 0.717) is 56.6 Å². The zero-order valence-corrected chi connectivity index (χ0v) is 18.7. The molecule has 2 amide bonds. The van der Waals surface area contributed by atoms with Crippen LogP contribution in [0.25, 0.3) is 11.3 Å². The number of ether oxygens (including phenoxy) is 1. The fraction of sp³-hybridized carbons (Fsp3) is 0.560. The summed E-state index contributed by atoms with van der Waals surface area (Å²) in [5.41, 5.74) is 2.52. The summed E-state index contributed by atoms with van der Waals surface area (Å²) in [6, 6.07) is 7.93. The lowest BCUT2D eigenvalue weighted by Crippen LogP contribution is -2.42. The Morgan fingerprint density at radius 1 is 1.19 bits per heavy atom.